The first-order valence-electron chi connectivity index (χ1n) is 13.3. The number of carbonyl (C=O) groups excluding carboxylic acids is 2. The fraction of sp³-hybridized carbons (Fsp3) is 0.400. The van der Waals surface area contributed by atoms with Crippen molar-refractivity contribution in [2.24, 2.45) is 0 Å². The number of ether oxygens (including phenoxy) is 2. The van der Waals surface area contributed by atoms with Gasteiger partial charge in [-0.2, -0.15) is 26.3 Å². The van der Waals surface area contributed by atoms with Gasteiger partial charge >= 0.3 is 12.4 Å². The Labute approximate surface area is 249 Å². The summed E-state index contributed by atoms with van der Waals surface area (Å²) in [4.78, 5) is 30.5. The highest BCUT2D eigenvalue weighted by Crippen LogP contribution is 2.37. The Kier molecular flexibility index (Phi) is 11.1. The number of hydrogen-bond donors (Lipinski definition) is 0. The van der Waals surface area contributed by atoms with Crippen LogP contribution >= 0.6 is 11.3 Å². The highest BCUT2D eigenvalue weighted by molar-refractivity contribution is 7.09. The maximum absolute atomic E-state index is 13.7. The van der Waals surface area contributed by atoms with E-state index in [1.807, 2.05) is 23.6 Å². The maximum atomic E-state index is 13.7. The lowest BCUT2D eigenvalue weighted by Gasteiger charge is -2.31. The summed E-state index contributed by atoms with van der Waals surface area (Å²) in [5.41, 5.74) is -3.17. The second kappa shape index (κ2) is 14.2. The molecule has 234 valence electrons. The predicted octanol–water partition coefficient (Wildman–Crippen LogP) is 7.32. The second-order valence-electron chi connectivity index (χ2n) is 9.82. The van der Waals surface area contributed by atoms with Gasteiger partial charge in [0.25, 0.3) is 5.91 Å². The Balaban J connectivity index is 1.92. The number of halogens is 6. The van der Waals surface area contributed by atoms with Crippen LogP contribution in [-0.4, -0.2) is 55.0 Å². The van der Waals surface area contributed by atoms with Crippen LogP contribution in [-0.2, 0) is 30.1 Å². The van der Waals surface area contributed by atoms with Gasteiger partial charge in [0.15, 0.2) is 11.5 Å². The summed E-state index contributed by atoms with van der Waals surface area (Å²) in [7, 11) is 3.00. The normalized spacial score (nSPS) is 12.5. The number of thiophene rings is 1. The van der Waals surface area contributed by atoms with E-state index in [0.29, 0.717) is 36.5 Å². The van der Waals surface area contributed by atoms with E-state index in [1.165, 1.54) is 30.5 Å². The van der Waals surface area contributed by atoms with Crippen LogP contribution in [0.3, 0.4) is 0 Å². The molecule has 2 amide bonds. The molecule has 0 radical (unpaired) electrons. The lowest BCUT2D eigenvalue weighted by atomic mass is 10.0. The summed E-state index contributed by atoms with van der Waals surface area (Å²) in [6.07, 6.45) is -9.53. The second-order valence-corrected chi connectivity index (χ2v) is 10.9. The van der Waals surface area contributed by atoms with Crippen molar-refractivity contribution in [3.63, 3.8) is 0 Å². The summed E-state index contributed by atoms with van der Waals surface area (Å²) in [5, 5.41) is 1.84. The third kappa shape index (κ3) is 8.88. The van der Waals surface area contributed by atoms with E-state index in [2.05, 4.69) is 0 Å². The van der Waals surface area contributed by atoms with Crippen LogP contribution in [0.25, 0.3) is 0 Å². The van der Waals surface area contributed by atoms with Gasteiger partial charge in [0.05, 0.1) is 31.9 Å². The topological polar surface area (TPSA) is 59.1 Å². The van der Waals surface area contributed by atoms with Crippen LogP contribution in [0.5, 0.6) is 11.5 Å². The van der Waals surface area contributed by atoms with Crippen molar-refractivity contribution in [1.29, 1.82) is 0 Å². The highest BCUT2D eigenvalue weighted by Gasteiger charge is 2.38. The van der Waals surface area contributed by atoms with Gasteiger partial charge in [0, 0.05) is 23.0 Å². The lowest BCUT2D eigenvalue weighted by molar-refractivity contribution is -0.143. The van der Waals surface area contributed by atoms with Crippen molar-refractivity contribution in [1.82, 2.24) is 9.80 Å². The Morgan fingerprint density at radius 3 is 2.05 bits per heavy atom. The molecular formula is C30H32F6N2O4S. The minimum atomic E-state index is -5.12. The van der Waals surface area contributed by atoms with Crippen molar-refractivity contribution in [3.05, 3.63) is 81.0 Å². The Bertz CT molecular complexity index is 1360. The molecule has 0 aliphatic heterocycles. The largest absolute Gasteiger partial charge is 0.493 e. The highest BCUT2D eigenvalue weighted by atomic mass is 32.1. The van der Waals surface area contributed by atoms with E-state index in [-0.39, 0.29) is 19.2 Å². The quantitative estimate of drug-likeness (QED) is 0.197. The minimum Gasteiger partial charge on any atom is -0.493 e. The van der Waals surface area contributed by atoms with Crippen LogP contribution < -0.4 is 9.47 Å². The monoisotopic (exact) mass is 630 g/mol. The molecule has 0 spiro atoms. The zero-order valence-electron chi connectivity index (χ0n) is 24.0. The molecule has 0 N–H and O–H groups in total. The van der Waals surface area contributed by atoms with Crippen LogP contribution in [0.1, 0.15) is 52.2 Å². The van der Waals surface area contributed by atoms with Gasteiger partial charge in [-0.3, -0.25) is 9.59 Å². The molecule has 0 saturated heterocycles. The smallest absolute Gasteiger partial charge is 0.416 e. The molecule has 3 rings (SSSR count). The summed E-state index contributed by atoms with van der Waals surface area (Å²) in [6, 6.07) is 9.05. The number of amides is 2. The molecule has 3 aromatic rings. The zero-order valence-corrected chi connectivity index (χ0v) is 24.8. The number of hydrogen-bond acceptors (Lipinski definition) is 5. The predicted molar refractivity (Wildman–Crippen MR) is 150 cm³/mol. The van der Waals surface area contributed by atoms with Gasteiger partial charge in [0.2, 0.25) is 5.91 Å². The van der Waals surface area contributed by atoms with Crippen molar-refractivity contribution >= 4 is 23.2 Å². The van der Waals surface area contributed by atoms with Gasteiger partial charge in [-0.15, -0.1) is 11.3 Å². The Hall–Kier alpha value is -3.74. The molecule has 1 aromatic heterocycles. The number of nitrogens with zero attached hydrogens (tertiary/aromatic N) is 2. The molecule has 43 heavy (non-hydrogen) atoms. The third-order valence-corrected chi connectivity index (χ3v) is 7.78. The van der Waals surface area contributed by atoms with Gasteiger partial charge in [0.1, 0.15) is 6.54 Å². The van der Waals surface area contributed by atoms with Gasteiger partial charge in [-0.1, -0.05) is 19.1 Å². The lowest BCUT2D eigenvalue weighted by Crippen LogP contribution is -2.47. The van der Waals surface area contributed by atoms with Gasteiger partial charge in [-0.05, 0) is 67.1 Å². The average Bonchev–Trinajstić information content (AvgIpc) is 3.49. The Morgan fingerprint density at radius 2 is 1.53 bits per heavy atom. The van der Waals surface area contributed by atoms with E-state index >= 15 is 0 Å². The molecule has 0 saturated carbocycles. The fourth-order valence-corrected chi connectivity index (χ4v) is 5.04. The van der Waals surface area contributed by atoms with Crippen molar-refractivity contribution in [2.45, 2.75) is 51.6 Å². The number of alkyl halides is 6. The van der Waals surface area contributed by atoms with Crippen LogP contribution in [0, 0.1) is 0 Å². The number of carbonyl (C=O) groups is 2. The Morgan fingerprint density at radius 1 is 0.907 bits per heavy atom. The first-order chi connectivity index (χ1) is 20.2. The van der Waals surface area contributed by atoms with Gasteiger partial charge in [-0.25, -0.2) is 0 Å². The summed E-state index contributed by atoms with van der Waals surface area (Å²) in [5.74, 6) is -0.575. The van der Waals surface area contributed by atoms with Crippen molar-refractivity contribution in [3.8, 4) is 11.5 Å². The first kappa shape index (κ1) is 33.8. The molecule has 1 atom stereocenters. The number of benzene rings is 2. The SMILES string of the molecule is CCC(C)N(CC(=O)N(CCc1ccc(OC)c(OC)c1)Cc1cccs1)C(=O)c1cc(C(F)(F)F)cc(C(F)(F)F)c1. The molecule has 0 fully saturated rings. The molecule has 13 heteroatoms. The van der Waals surface area contributed by atoms with E-state index in [4.69, 9.17) is 9.47 Å². The summed E-state index contributed by atoms with van der Waals surface area (Å²) < 4.78 is 91.4. The van der Waals surface area contributed by atoms with E-state index in [1.54, 1.807) is 26.0 Å². The molecule has 1 heterocycles. The minimum absolute atomic E-state index is 0.0353. The molecular weight excluding hydrogens is 598 g/mol. The van der Waals surface area contributed by atoms with Crippen LogP contribution in [0.4, 0.5) is 26.3 Å². The van der Waals surface area contributed by atoms with Crippen molar-refractivity contribution in [2.75, 3.05) is 27.3 Å². The number of methoxy groups -OCH3 is 2. The molecule has 0 aliphatic rings. The van der Waals surface area contributed by atoms with E-state index < -0.39 is 53.4 Å². The van der Waals surface area contributed by atoms with Crippen molar-refractivity contribution < 1.29 is 45.4 Å². The zero-order chi connectivity index (χ0) is 31.9. The molecule has 2 aromatic carbocycles. The number of rotatable bonds is 12. The first-order valence-corrected chi connectivity index (χ1v) is 14.2. The summed E-state index contributed by atoms with van der Waals surface area (Å²) >= 11 is 1.42. The molecule has 1 unspecified atom stereocenters. The third-order valence-electron chi connectivity index (χ3n) is 6.92. The molecule has 0 aliphatic carbocycles. The summed E-state index contributed by atoms with van der Waals surface area (Å²) in [6.45, 7) is 3.16. The standard InChI is InChI=1S/C30H32F6N2O4S/c1-5-19(2)38(28(40)21-14-22(29(31,32)33)16-23(15-21)30(34,35)36)18-27(39)37(17-24-7-6-12-43-24)11-10-20-8-9-25(41-3)26(13-20)42-4/h6-9,12-16,19H,5,10-11,17-18H2,1-4H3. The molecule has 0 bridgehead atoms. The fourth-order valence-electron chi connectivity index (χ4n) is 4.32. The van der Waals surface area contributed by atoms with Crippen LogP contribution in [0.15, 0.2) is 53.9 Å². The van der Waals surface area contributed by atoms with Gasteiger partial charge < -0.3 is 19.3 Å². The van der Waals surface area contributed by atoms with E-state index in [0.717, 1.165) is 15.3 Å². The maximum Gasteiger partial charge on any atom is 0.416 e. The van der Waals surface area contributed by atoms with E-state index in [9.17, 15) is 35.9 Å². The average molecular weight is 631 g/mol. The van der Waals surface area contributed by atoms with Crippen LogP contribution in [0.2, 0.25) is 0 Å². The molecule has 6 nitrogen and oxygen atoms in total.